The second-order valence-electron chi connectivity index (χ2n) is 4.43. The van der Waals surface area contributed by atoms with Gasteiger partial charge in [-0.25, -0.2) is 0 Å². The molecule has 108 valence electrons. The smallest absolute Gasteiger partial charge is 0.256 e. The van der Waals surface area contributed by atoms with Crippen molar-refractivity contribution in [1.29, 1.82) is 0 Å². The van der Waals surface area contributed by atoms with E-state index in [-0.39, 0.29) is 17.2 Å². The topological polar surface area (TPSA) is 68.3 Å². The molecule has 3 N–H and O–H groups in total. The first kappa shape index (κ1) is 15.2. The minimum atomic E-state index is -0.270. The minimum Gasteiger partial charge on any atom is -0.452 e. The standard InChI is InChI=1S/C16H15ClN2O2/c1-11(19-16(20)14-8-10-21-15(14)17)13-6-4-12(5-7-13)3-2-9-18/h4-8,10-11H,9,18H2,1H3,(H,19,20). The number of nitrogens with two attached hydrogens (primary N) is 1. The Morgan fingerprint density at radius 1 is 1.38 bits per heavy atom. The third kappa shape index (κ3) is 3.88. The number of furan rings is 1. The molecule has 1 aromatic carbocycles. The third-order valence-corrected chi connectivity index (χ3v) is 3.25. The second kappa shape index (κ2) is 6.98. The van der Waals surface area contributed by atoms with E-state index in [4.69, 9.17) is 21.8 Å². The van der Waals surface area contributed by atoms with E-state index in [1.165, 1.54) is 12.3 Å². The van der Waals surface area contributed by atoms with Gasteiger partial charge in [-0.05, 0) is 42.3 Å². The Balaban J connectivity index is 2.05. The molecule has 2 aromatic rings. The van der Waals surface area contributed by atoms with E-state index in [0.717, 1.165) is 11.1 Å². The van der Waals surface area contributed by atoms with Crippen LogP contribution in [0, 0.1) is 11.8 Å². The van der Waals surface area contributed by atoms with Crippen molar-refractivity contribution in [3.63, 3.8) is 0 Å². The first-order chi connectivity index (χ1) is 10.1. The molecule has 0 saturated heterocycles. The van der Waals surface area contributed by atoms with Gasteiger partial charge in [0.1, 0.15) is 0 Å². The van der Waals surface area contributed by atoms with Crippen molar-refractivity contribution in [2.24, 2.45) is 5.73 Å². The Morgan fingerprint density at radius 3 is 2.67 bits per heavy atom. The maximum absolute atomic E-state index is 12.0. The molecule has 4 nitrogen and oxygen atoms in total. The lowest BCUT2D eigenvalue weighted by Gasteiger charge is -2.13. The molecule has 1 aromatic heterocycles. The highest BCUT2D eigenvalue weighted by Gasteiger charge is 2.15. The molecule has 1 amide bonds. The summed E-state index contributed by atoms with van der Waals surface area (Å²) < 4.78 is 4.91. The molecule has 5 heteroatoms. The van der Waals surface area contributed by atoms with Crippen molar-refractivity contribution < 1.29 is 9.21 Å². The van der Waals surface area contributed by atoms with E-state index >= 15 is 0 Å². The highest BCUT2D eigenvalue weighted by Crippen LogP contribution is 2.19. The maximum Gasteiger partial charge on any atom is 0.256 e. The van der Waals surface area contributed by atoms with Crippen molar-refractivity contribution in [3.8, 4) is 11.8 Å². The normalized spacial score (nSPS) is 11.4. The third-order valence-electron chi connectivity index (χ3n) is 2.96. The van der Waals surface area contributed by atoms with E-state index in [2.05, 4.69) is 17.2 Å². The van der Waals surface area contributed by atoms with Gasteiger partial charge in [-0.3, -0.25) is 4.79 Å². The minimum absolute atomic E-state index is 0.0899. The maximum atomic E-state index is 12.0. The molecule has 0 aliphatic carbocycles. The lowest BCUT2D eigenvalue weighted by atomic mass is 10.1. The highest BCUT2D eigenvalue weighted by atomic mass is 35.5. The molecule has 0 fully saturated rings. The highest BCUT2D eigenvalue weighted by molar-refractivity contribution is 6.32. The first-order valence-corrected chi connectivity index (χ1v) is 6.82. The summed E-state index contributed by atoms with van der Waals surface area (Å²) in [5, 5.41) is 2.95. The molecule has 0 saturated carbocycles. The Kier molecular flexibility index (Phi) is 5.04. The van der Waals surface area contributed by atoms with Crippen molar-refractivity contribution >= 4 is 17.5 Å². The number of hydrogen-bond donors (Lipinski definition) is 2. The van der Waals surface area contributed by atoms with Crippen LogP contribution in [0.5, 0.6) is 0 Å². The van der Waals surface area contributed by atoms with Crippen LogP contribution in [0.1, 0.15) is 34.5 Å². The number of nitrogens with one attached hydrogen (secondary N) is 1. The van der Waals surface area contributed by atoms with Gasteiger partial charge in [0.2, 0.25) is 5.22 Å². The monoisotopic (exact) mass is 302 g/mol. The lowest BCUT2D eigenvalue weighted by Crippen LogP contribution is -2.26. The molecule has 1 heterocycles. The van der Waals surface area contributed by atoms with Crippen LogP contribution in [0.4, 0.5) is 0 Å². The molecule has 1 unspecified atom stereocenters. The van der Waals surface area contributed by atoms with Gasteiger partial charge < -0.3 is 15.5 Å². The summed E-state index contributed by atoms with van der Waals surface area (Å²) in [5.41, 5.74) is 7.52. The predicted octanol–water partition coefficient (Wildman–Crippen LogP) is 2.73. The van der Waals surface area contributed by atoms with Gasteiger partial charge in [0, 0.05) is 5.56 Å². The largest absolute Gasteiger partial charge is 0.452 e. The summed E-state index contributed by atoms with van der Waals surface area (Å²) >= 11 is 5.78. The Morgan fingerprint density at radius 2 is 2.10 bits per heavy atom. The SMILES string of the molecule is CC(NC(=O)c1ccoc1Cl)c1ccc(C#CCN)cc1. The average Bonchev–Trinajstić information content (AvgIpc) is 2.91. The molecular formula is C16H15ClN2O2. The number of rotatable bonds is 3. The van der Waals surface area contributed by atoms with Crippen LogP contribution in [0.3, 0.4) is 0 Å². The first-order valence-electron chi connectivity index (χ1n) is 6.44. The van der Waals surface area contributed by atoms with Gasteiger partial charge in [0.25, 0.3) is 5.91 Å². The molecule has 1 atom stereocenters. The molecule has 21 heavy (non-hydrogen) atoms. The fourth-order valence-corrected chi connectivity index (χ4v) is 2.02. The average molecular weight is 303 g/mol. The zero-order chi connectivity index (χ0) is 15.2. The van der Waals surface area contributed by atoms with Gasteiger partial charge in [0.15, 0.2) is 0 Å². The van der Waals surface area contributed by atoms with Crippen LogP contribution in [-0.2, 0) is 0 Å². The zero-order valence-corrected chi connectivity index (χ0v) is 12.3. The van der Waals surface area contributed by atoms with Gasteiger partial charge in [-0.2, -0.15) is 0 Å². The summed E-state index contributed by atoms with van der Waals surface area (Å²) in [6.07, 6.45) is 1.38. The summed E-state index contributed by atoms with van der Waals surface area (Å²) in [4.78, 5) is 12.0. The molecule has 2 rings (SSSR count). The van der Waals surface area contributed by atoms with E-state index in [9.17, 15) is 4.79 Å². The van der Waals surface area contributed by atoms with Crippen LogP contribution in [0.15, 0.2) is 41.0 Å². The molecule has 0 aliphatic rings. The fraction of sp³-hybridized carbons (Fsp3) is 0.188. The van der Waals surface area contributed by atoms with Gasteiger partial charge in [-0.1, -0.05) is 24.0 Å². The molecular weight excluding hydrogens is 288 g/mol. The molecule has 0 radical (unpaired) electrons. The van der Waals surface area contributed by atoms with Crippen molar-refractivity contribution in [1.82, 2.24) is 5.32 Å². The number of benzene rings is 1. The number of carbonyl (C=O) groups excluding carboxylic acids is 1. The van der Waals surface area contributed by atoms with Gasteiger partial charge in [0.05, 0.1) is 24.4 Å². The summed E-state index contributed by atoms with van der Waals surface area (Å²) in [7, 11) is 0. The summed E-state index contributed by atoms with van der Waals surface area (Å²) in [5.74, 6) is 5.47. The van der Waals surface area contributed by atoms with E-state index < -0.39 is 0 Å². The van der Waals surface area contributed by atoms with Gasteiger partial charge in [-0.15, -0.1) is 0 Å². The van der Waals surface area contributed by atoms with E-state index in [1.54, 1.807) is 0 Å². The Hall–Kier alpha value is -2.22. The number of amides is 1. The van der Waals surface area contributed by atoms with Crippen LogP contribution >= 0.6 is 11.6 Å². The summed E-state index contributed by atoms with van der Waals surface area (Å²) in [6.45, 7) is 2.23. The number of hydrogen-bond acceptors (Lipinski definition) is 3. The lowest BCUT2D eigenvalue weighted by molar-refractivity contribution is 0.0939. The number of halogens is 1. The van der Waals surface area contributed by atoms with Crippen molar-refractivity contribution in [3.05, 3.63) is 58.5 Å². The Labute approximate surface area is 128 Å². The molecule has 0 spiro atoms. The van der Waals surface area contributed by atoms with E-state index in [0.29, 0.717) is 12.1 Å². The predicted molar refractivity (Wildman–Crippen MR) is 82.0 cm³/mol. The Bertz CT molecular complexity index is 680. The molecule has 0 aliphatic heterocycles. The molecule has 0 bridgehead atoms. The quantitative estimate of drug-likeness (QED) is 0.857. The van der Waals surface area contributed by atoms with E-state index in [1.807, 2.05) is 31.2 Å². The van der Waals surface area contributed by atoms with Crippen molar-refractivity contribution in [2.45, 2.75) is 13.0 Å². The fourth-order valence-electron chi connectivity index (χ4n) is 1.82. The van der Waals surface area contributed by atoms with Crippen LogP contribution in [0.25, 0.3) is 0 Å². The van der Waals surface area contributed by atoms with Crippen LogP contribution < -0.4 is 11.1 Å². The van der Waals surface area contributed by atoms with Crippen LogP contribution in [0.2, 0.25) is 5.22 Å². The van der Waals surface area contributed by atoms with Crippen LogP contribution in [-0.4, -0.2) is 12.5 Å². The zero-order valence-electron chi connectivity index (χ0n) is 11.5. The van der Waals surface area contributed by atoms with Crippen molar-refractivity contribution in [2.75, 3.05) is 6.54 Å². The second-order valence-corrected chi connectivity index (χ2v) is 4.77. The summed E-state index contributed by atoms with van der Waals surface area (Å²) in [6, 6.07) is 9.01. The van der Waals surface area contributed by atoms with Gasteiger partial charge >= 0.3 is 0 Å². The number of carbonyl (C=O) groups is 1.